The molecule has 0 aromatic rings. The molecule has 88 valence electrons. The third-order valence-electron chi connectivity index (χ3n) is 2.58. The van der Waals surface area contributed by atoms with Crippen molar-refractivity contribution in [1.29, 1.82) is 0 Å². The van der Waals surface area contributed by atoms with E-state index in [4.69, 9.17) is 9.47 Å². The van der Waals surface area contributed by atoms with E-state index in [9.17, 15) is 4.79 Å². The number of carbonyl (C=O) groups is 1. The largest absolute Gasteiger partial charge is 0.384 e. The molecule has 1 aliphatic heterocycles. The fourth-order valence-electron chi connectivity index (χ4n) is 1.72. The minimum atomic E-state index is -0.366. The second kappa shape index (κ2) is 7.60. The van der Waals surface area contributed by atoms with Crippen molar-refractivity contribution in [2.45, 2.75) is 26.7 Å². The van der Waals surface area contributed by atoms with Crippen LogP contribution in [0.3, 0.4) is 0 Å². The number of hydrogen-bond donors (Lipinski definition) is 0. The average Bonchev–Trinajstić information content (AvgIpc) is 2.32. The molecular weight excluding hydrogens is 192 g/mol. The highest BCUT2D eigenvalue weighted by molar-refractivity contribution is 5.94. The maximum Gasteiger partial charge on any atom is 0.163 e. The Hall–Kier alpha value is -0.670. The Labute approximate surface area is 92.5 Å². The summed E-state index contributed by atoms with van der Waals surface area (Å²) in [5, 5.41) is 0. The molecular formula is C12H22O3. The Bertz CT molecular complexity index is 188. The van der Waals surface area contributed by atoms with E-state index in [1.54, 1.807) is 7.11 Å². The van der Waals surface area contributed by atoms with E-state index in [1.165, 1.54) is 6.08 Å². The van der Waals surface area contributed by atoms with Crippen LogP contribution in [0, 0.1) is 5.41 Å². The fraction of sp³-hybridized carbons (Fsp3) is 0.750. The normalized spacial score (nSPS) is 18.6. The van der Waals surface area contributed by atoms with Gasteiger partial charge in [0, 0.05) is 20.3 Å². The summed E-state index contributed by atoms with van der Waals surface area (Å²) >= 11 is 0. The topological polar surface area (TPSA) is 35.5 Å². The molecule has 15 heavy (non-hydrogen) atoms. The molecule has 0 unspecified atom stereocenters. The zero-order valence-corrected chi connectivity index (χ0v) is 10.0. The van der Waals surface area contributed by atoms with E-state index in [1.807, 2.05) is 13.8 Å². The predicted molar refractivity (Wildman–Crippen MR) is 60.9 cm³/mol. The second-order valence-corrected chi connectivity index (χ2v) is 3.39. The van der Waals surface area contributed by atoms with Crippen LogP contribution in [0.4, 0.5) is 0 Å². The lowest BCUT2D eigenvalue weighted by atomic mass is 9.77. The first-order chi connectivity index (χ1) is 7.25. The molecule has 0 N–H and O–H groups in total. The smallest absolute Gasteiger partial charge is 0.163 e. The zero-order valence-electron chi connectivity index (χ0n) is 10.0. The van der Waals surface area contributed by atoms with Crippen LogP contribution in [-0.2, 0) is 14.3 Å². The van der Waals surface area contributed by atoms with Crippen molar-refractivity contribution in [3.8, 4) is 0 Å². The van der Waals surface area contributed by atoms with E-state index < -0.39 is 0 Å². The summed E-state index contributed by atoms with van der Waals surface area (Å²) in [5.41, 5.74) is -0.366. The second-order valence-electron chi connectivity index (χ2n) is 3.39. The van der Waals surface area contributed by atoms with Crippen molar-refractivity contribution in [1.82, 2.24) is 0 Å². The number of ether oxygens (including phenoxy) is 2. The highest BCUT2D eigenvalue weighted by Gasteiger charge is 2.38. The van der Waals surface area contributed by atoms with Gasteiger partial charge in [-0.05, 0) is 18.9 Å². The molecule has 0 spiro atoms. The van der Waals surface area contributed by atoms with E-state index in [-0.39, 0.29) is 11.2 Å². The Kier molecular flexibility index (Phi) is 7.26. The molecule has 0 aliphatic carbocycles. The van der Waals surface area contributed by atoms with Gasteiger partial charge in [0.2, 0.25) is 0 Å². The Morgan fingerprint density at radius 3 is 2.40 bits per heavy atom. The van der Waals surface area contributed by atoms with Crippen molar-refractivity contribution >= 4 is 5.78 Å². The molecule has 0 bridgehead atoms. The lowest BCUT2D eigenvalue weighted by Gasteiger charge is -2.33. The van der Waals surface area contributed by atoms with Gasteiger partial charge in [-0.2, -0.15) is 0 Å². The van der Waals surface area contributed by atoms with Crippen LogP contribution in [0.25, 0.3) is 0 Å². The maximum atomic E-state index is 11.6. The van der Waals surface area contributed by atoms with Gasteiger partial charge in [-0.3, -0.25) is 4.79 Å². The van der Waals surface area contributed by atoms with Crippen molar-refractivity contribution in [3.63, 3.8) is 0 Å². The highest BCUT2D eigenvalue weighted by atomic mass is 16.5. The van der Waals surface area contributed by atoms with Crippen molar-refractivity contribution in [2.75, 3.05) is 26.9 Å². The fourth-order valence-corrected chi connectivity index (χ4v) is 1.72. The molecule has 1 fully saturated rings. The lowest BCUT2D eigenvalue weighted by molar-refractivity contribution is -0.133. The minimum absolute atomic E-state index is 0.0812. The monoisotopic (exact) mass is 214 g/mol. The van der Waals surface area contributed by atoms with Crippen LogP contribution in [0.2, 0.25) is 0 Å². The standard InChI is InChI=1S/C10H16O3.C2H6/c1-3-9(11)10(8-12-2)4-6-13-7-5-10;1-2/h3H,1,4-8H2,2H3;1-2H3. The Balaban J connectivity index is 0.000000921. The summed E-state index contributed by atoms with van der Waals surface area (Å²) in [6.45, 7) is 9.27. The number of ketones is 1. The number of carbonyl (C=O) groups excluding carboxylic acids is 1. The van der Waals surface area contributed by atoms with E-state index in [0.29, 0.717) is 19.8 Å². The molecule has 1 heterocycles. The van der Waals surface area contributed by atoms with Crippen LogP contribution < -0.4 is 0 Å². The molecule has 1 rings (SSSR count). The van der Waals surface area contributed by atoms with E-state index in [0.717, 1.165) is 12.8 Å². The molecule has 0 aromatic heterocycles. The van der Waals surface area contributed by atoms with E-state index in [2.05, 4.69) is 6.58 Å². The first-order valence-electron chi connectivity index (χ1n) is 5.49. The Morgan fingerprint density at radius 1 is 1.47 bits per heavy atom. The predicted octanol–water partition coefficient (Wildman–Crippen LogP) is 2.21. The molecule has 3 heteroatoms. The average molecular weight is 214 g/mol. The molecule has 1 aliphatic rings. The van der Waals surface area contributed by atoms with Gasteiger partial charge >= 0.3 is 0 Å². The SMILES string of the molecule is C=CC(=O)C1(COC)CCOCC1.CC. The molecule has 0 aromatic carbocycles. The van der Waals surface area contributed by atoms with E-state index >= 15 is 0 Å². The van der Waals surface area contributed by atoms with Gasteiger partial charge in [0.15, 0.2) is 5.78 Å². The van der Waals surface area contributed by atoms with Gasteiger partial charge < -0.3 is 9.47 Å². The van der Waals surface area contributed by atoms with Gasteiger partial charge in [0.1, 0.15) is 0 Å². The van der Waals surface area contributed by atoms with Gasteiger partial charge in [0.25, 0.3) is 0 Å². The van der Waals surface area contributed by atoms with Crippen molar-refractivity contribution in [3.05, 3.63) is 12.7 Å². The van der Waals surface area contributed by atoms with Gasteiger partial charge in [-0.25, -0.2) is 0 Å². The maximum absolute atomic E-state index is 11.6. The molecule has 0 saturated carbocycles. The number of hydrogen-bond acceptors (Lipinski definition) is 3. The van der Waals surface area contributed by atoms with Crippen molar-refractivity contribution in [2.24, 2.45) is 5.41 Å². The van der Waals surface area contributed by atoms with Gasteiger partial charge in [-0.15, -0.1) is 0 Å². The first kappa shape index (κ1) is 14.3. The number of methoxy groups -OCH3 is 1. The zero-order chi connectivity index (χ0) is 11.7. The first-order valence-corrected chi connectivity index (χ1v) is 5.49. The Morgan fingerprint density at radius 2 is 2.00 bits per heavy atom. The quantitative estimate of drug-likeness (QED) is 0.673. The van der Waals surface area contributed by atoms with Gasteiger partial charge in [0.05, 0.1) is 12.0 Å². The molecule has 0 atom stereocenters. The van der Waals surface area contributed by atoms with Crippen LogP contribution in [-0.4, -0.2) is 32.7 Å². The molecule has 0 amide bonds. The van der Waals surface area contributed by atoms with Crippen molar-refractivity contribution < 1.29 is 14.3 Å². The van der Waals surface area contributed by atoms with Crippen LogP contribution in [0.1, 0.15) is 26.7 Å². The summed E-state index contributed by atoms with van der Waals surface area (Å²) < 4.78 is 10.3. The molecule has 0 radical (unpaired) electrons. The molecule has 3 nitrogen and oxygen atoms in total. The molecule has 1 saturated heterocycles. The van der Waals surface area contributed by atoms with Crippen LogP contribution in [0.5, 0.6) is 0 Å². The third-order valence-corrected chi connectivity index (χ3v) is 2.58. The minimum Gasteiger partial charge on any atom is -0.384 e. The summed E-state index contributed by atoms with van der Waals surface area (Å²) in [4.78, 5) is 11.6. The number of rotatable bonds is 4. The lowest BCUT2D eigenvalue weighted by Crippen LogP contribution is -2.40. The number of allylic oxidation sites excluding steroid dienone is 1. The van der Waals surface area contributed by atoms with Crippen LogP contribution in [0.15, 0.2) is 12.7 Å². The summed E-state index contributed by atoms with van der Waals surface area (Å²) in [6, 6.07) is 0. The summed E-state index contributed by atoms with van der Waals surface area (Å²) in [7, 11) is 1.62. The summed E-state index contributed by atoms with van der Waals surface area (Å²) in [6.07, 6.45) is 2.88. The highest BCUT2D eigenvalue weighted by Crippen LogP contribution is 2.32. The third kappa shape index (κ3) is 3.76. The van der Waals surface area contributed by atoms with Gasteiger partial charge in [-0.1, -0.05) is 20.4 Å². The summed E-state index contributed by atoms with van der Waals surface area (Å²) in [5.74, 6) is 0.0812. The van der Waals surface area contributed by atoms with Crippen LogP contribution >= 0.6 is 0 Å².